The van der Waals surface area contributed by atoms with Crippen LogP contribution in [0.25, 0.3) is 5.57 Å². The normalized spacial score (nSPS) is 26.5. The van der Waals surface area contributed by atoms with Crippen LogP contribution in [0.15, 0.2) is 35.6 Å². The van der Waals surface area contributed by atoms with Crippen molar-refractivity contribution in [3.05, 3.63) is 46.7 Å². The molecule has 3 aliphatic rings. The Labute approximate surface area is 173 Å². The van der Waals surface area contributed by atoms with Gasteiger partial charge in [-0.05, 0) is 53.9 Å². The van der Waals surface area contributed by atoms with Crippen LogP contribution in [0.5, 0.6) is 5.75 Å². The Kier molecular flexibility index (Phi) is 5.68. The van der Waals surface area contributed by atoms with E-state index in [9.17, 15) is 4.79 Å². The molecular weight excluding hydrogens is 366 g/mol. The Bertz CT molecular complexity index is 856. The van der Waals surface area contributed by atoms with Crippen LogP contribution >= 0.6 is 0 Å². The van der Waals surface area contributed by atoms with Crippen molar-refractivity contribution in [2.24, 2.45) is 11.8 Å². The number of esters is 1. The van der Waals surface area contributed by atoms with Gasteiger partial charge in [0.15, 0.2) is 0 Å². The van der Waals surface area contributed by atoms with Crippen molar-refractivity contribution in [2.75, 3.05) is 34.4 Å². The number of rotatable bonds is 5. The van der Waals surface area contributed by atoms with Gasteiger partial charge in [0.2, 0.25) is 0 Å². The summed E-state index contributed by atoms with van der Waals surface area (Å²) in [5.41, 5.74) is 6.31. The highest BCUT2D eigenvalue weighted by atomic mass is 16.5. The number of fused-ring (bicyclic) bond motifs is 4. The Morgan fingerprint density at radius 3 is 2.79 bits per heavy atom. The lowest BCUT2D eigenvalue weighted by molar-refractivity contribution is -0.137. The van der Waals surface area contributed by atoms with Crippen molar-refractivity contribution in [2.45, 2.75) is 38.6 Å². The largest absolute Gasteiger partial charge is 0.504 e. The molecule has 3 atom stereocenters. The lowest BCUT2D eigenvalue weighted by Gasteiger charge is -2.47. The molecule has 156 valence electrons. The summed E-state index contributed by atoms with van der Waals surface area (Å²) in [7, 11) is 4.80. The zero-order valence-corrected chi connectivity index (χ0v) is 17.9. The van der Waals surface area contributed by atoms with E-state index in [4.69, 9.17) is 14.2 Å². The van der Waals surface area contributed by atoms with Crippen molar-refractivity contribution < 1.29 is 19.0 Å². The Balaban J connectivity index is 1.70. The first kappa shape index (κ1) is 20.0. The molecule has 5 nitrogen and oxygen atoms in total. The number of methoxy groups -OCH3 is 3. The first-order valence-corrected chi connectivity index (χ1v) is 10.6. The summed E-state index contributed by atoms with van der Waals surface area (Å²) >= 11 is 0. The van der Waals surface area contributed by atoms with Gasteiger partial charge >= 0.3 is 5.97 Å². The molecule has 0 aromatic heterocycles. The van der Waals surface area contributed by atoms with Gasteiger partial charge in [0, 0.05) is 24.7 Å². The Hall–Kier alpha value is -2.27. The maximum atomic E-state index is 12.5. The second-order valence-corrected chi connectivity index (χ2v) is 8.25. The van der Waals surface area contributed by atoms with Crippen LogP contribution in [0.3, 0.4) is 0 Å². The van der Waals surface area contributed by atoms with Gasteiger partial charge in [-0.2, -0.15) is 0 Å². The van der Waals surface area contributed by atoms with Gasteiger partial charge in [-0.1, -0.05) is 25.5 Å². The van der Waals surface area contributed by atoms with Crippen molar-refractivity contribution >= 4 is 11.5 Å². The minimum absolute atomic E-state index is 0.145. The fourth-order valence-corrected chi connectivity index (χ4v) is 5.64. The van der Waals surface area contributed by atoms with Gasteiger partial charge in [0.05, 0.1) is 33.2 Å². The second-order valence-electron chi connectivity index (χ2n) is 8.25. The quantitative estimate of drug-likeness (QED) is 0.429. The number of benzene rings is 1. The van der Waals surface area contributed by atoms with Gasteiger partial charge in [0.25, 0.3) is 0 Å². The average molecular weight is 398 g/mol. The molecule has 1 saturated heterocycles. The smallest absolute Gasteiger partial charge is 0.337 e. The van der Waals surface area contributed by atoms with Crippen LogP contribution < -0.4 is 4.74 Å². The predicted molar refractivity (Wildman–Crippen MR) is 113 cm³/mol. The SMILES string of the molecule is CC[C@@H]1CN2CCC3=C(Cc4cccc(OC)c43)[C@@H]2C[C@@H]1/C(=C\OC)C(=O)OC. The molecule has 1 aromatic rings. The summed E-state index contributed by atoms with van der Waals surface area (Å²) in [6.07, 6.45) is 5.61. The standard InChI is InChI=1S/C24H31NO4/c1-5-15-13-25-10-9-17-19(11-16-7-6-8-22(28-3)23(16)17)21(25)12-18(15)20(14-27-2)24(26)29-4/h6-8,14-15,18,21H,5,9-13H2,1-4H3/b20-14+/t15-,18+,21+/m1/s1. The monoisotopic (exact) mass is 397 g/mol. The van der Waals surface area contributed by atoms with Gasteiger partial charge in [0.1, 0.15) is 5.75 Å². The van der Waals surface area contributed by atoms with E-state index in [1.54, 1.807) is 20.5 Å². The van der Waals surface area contributed by atoms with Crippen LogP contribution in [-0.2, 0) is 20.7 Å². The van der Waals surface area contributed by atoms with Gasteiger partial charge in [-0.15, -0.1) is 0 Å². The molecule has 5 heteroatoms. The molecule has 0 unspecified atom stereocenters. The minimum atomic E-state index is -0.273. The van der Waals surface area contributed by atoms with Crippen molar-refractivity contribution in [1.82, 2.24) is 4.90 Å². The second kappa shape index (κ2) is 8.23. The molecule has 1 fully saturated rings. The third-order valence-electron chi connectivity index (χ3n) is 7.00. The maximum absolute atomic E-state index is 12.5. The fourth-order valence-electron chi connectivity index (χ4n) is 5.64. The summed E-state index contributed by atoms with van der Waals surface area (Å²) in [5.74, 6) is 1.28. The van der Waals surface area contributed by atoms with Crippen molar-refractivity contribution in [3.8, 4) is 5.75 Å². The van der Waals surface area contributed by atoms with Crippen LogP contribution in [0, 0.1) is 11.8 Å². The minimum Gasteiger partial charge on any atom is -0.504 e. The summed E-state index contributed by atoms with van der Waals surface area (Å²) in [6.45, 7) is 4.28. The molecule has 1 aromatic carbocycles. The highest BCUT2D eigenvalue weighted by Crippen LogP contribution is 2.49. The zero-order chi connectivity index (χ0) is 20.5. The van der Waals surface area contributed by atoms with E-state index in [-0.39, 0.29) is 11.9 Å². The summed E-state index contributed by atoms with van der Waals surface area (Å²) in [6, 6.07) is 6.73. The molecule has 0 saturated carbocycles. The molecule has 4 rings (SSSR count). The first-order chi connectivity index (χ1) is 14.1. The van der Waals surface area contributed by atoms with E-state index in [0.29, 0.717) is 17.5 Å². The fraction of sp³-hybridized carbons (Fsp3) is 0.542. The number of piperidine rings is 1. The molecule has 0 radical (unpaired) electrons. The number of carbonyl (C=O) groups is 1. The molecule has 2 heterocycles. The van der Waals surface area contributed by atoms with Crippen LogP contribution in [0.2, 0.25) is 0 Å². The Morgan fingerprint density at radius 1 is 1.28 bits per heavy atom. The molecular formula is C24H31NO4. The number of ether oxygens (including phenoxy) is 3. The maximum Gasteiger partial charge on any atom is 0.337 e. The molecule has 2 aliphatic heterocycles. The third-order valence-corrected chi connectivity index (χ3v) is 7.00. The zero-order valence-electron chi connectivity index (χ0n) is 17.9. The molecule has 0 bridgehead atoms. The topological polar surface area (TPSA) is 48.0 Å². The number of nitrogens with zero attached hydrogens (tertiary/aromatic N) is 1. The Morgan fingerprint density at radius 2 is 2.10 bits per heavy atom. The van der Waals surface area contributed by atoms with Gasteiger partial charge in [-0.3, -0.25) is 4.90 Å². The predicted octanol–water partition coefficient (Wildman–Crippen LogP) is 3.83. The molecule has 0 spiro atoms. The lowest BCUT2D eigenvalue weighted by Crippen LogP contribution is -2.51. The van der Waals surface area contributed by atoms with Gasteiger partial charge in [-0.25, -0.2) is 4.79 Å². The van der Waals surface area contributed by atoms with Crippen LogP contribution in [0.4, 0.5) is 0 Å². The third kappa shape index (κ3) is 3.35. The lowest BCUT2D eigenvalue weighted by atomic mass is 9.73. The summed E-state index contributed by atoms with van der Waals surface area (Å²) < 4.78 is 16.0. The van der Waals surface area contributed by atoms with E-state index in [1.165, 1.54) is 29.4 Å². The van der Waals surface area contributed by atoms with Crippen molar-refractivity contribution in [1.29, 1.82) is 0 Å². The van der Waals surface area contributed by atoms with Crippen LogP contribution in [-0.4, -0.2) is 51.3 Å². The number of hydrogen-bond acceptors (Lipinski definition) is 5. The molecule has 0 N–H and O–H groups in total. The average Bonchev–Trinajstić information content (AvgIpc) is 3.15. The number of hydrogen-bond donors (Lipinski definition) is 0. The summed E-state index contributed by atoms with van der Waals surface area (Å²) in [5, 5.41) is 0. The van der Waals surface area contributed by atoms with E-state index >= 15 is 0 Å². The van der Waals surface area contributed by atoms with Crippen LogP contribution in [0.1, 0.15) is 37.3 Å². The van der Waals surface area contributed by atoms with E-state index in [1.807, 2.05) is 0 Å². The van der Waals surface area contributed by atoms with E-state index in [0.717, 1.165) is 44.5 Å². The van der Waals surface area contributed by atoms with Gasteiger partial charge < -0.3 is 14.2 Å². The van der Waals surface area contributed by atoms with Crippen molar-refractivity contribution in [3.63, 3.8) is 0 Å². The summed E-state index contributed by atoms with van der Waals surface area (Å²) in [4.78, 5) is 15.1. The first-order valence-electron chi connectivity index (χ1n) is 10.6. The molecule has 0 amide bonds. The molecule has 29 heavy (non-hydrogen) atoms. The molecule has 1 aliphatic carbocycles. The van der Waals surface area contributed by atoms with E-state index < -0.39 is 0 Å². The highest BCUT2D eigenvalue weighted by molar-refractivity contribution is 5.89. The highest BCUT2D eigenvalue weighted by Gasteiger charge is 2.44. The van der Waals surface area contributed by atoms with E-state index in [2.05, 4.69) is 30.0 Å². The number of carbonyl (C=O) groups excluding carboxylic acids is 1.